The van der Waals surface area contributed by atoms with Gasteiger partial charge in [0.2, 0.25) is 11.8 Å². The predicted molar refractivity (Wildman–Crippen MR) is 95.5 cm³/mol. The number of anilines is 1. The van der Waals surface area contributed by atoms with Crippen molar-refractivity contribution in [3.05, 3.63) is 41.4 Å². The summed E-state index contributed by atoms with van der Waals surface area (Å²) in [5.41, 5.74) is 0.515. The summed E-state index contributed by atoms with van der Waals surface area (Å²) in [4.78, 5) is 49.8. The first-order valence-corrected chi connectivity index (χ1v) is 9.06. The van der Waals surface area contributed by atoms with Gasteiger partial charge in [0.1, 0.15) is 6.54 Å². The third kappa shape index (κ3) is 3.23. The zero-order chi connectivity index (χ0) is 19.1. The lowest BCUT2D eigenvalue weighted by Crippen LogP contribution is -2.38. The third-order valence-electron chi connectivity index (χ3n) is 5.34. The third-order valence-corrected chi connectivity index (χ3v) is 5.59. The van der Waals surface area contributed by atoms with Crippen molar-refractivity contribution in [2.24, 2.45) is 23.7 Å². The zero-order valence-corrected chi connectivity index (χ0v) is 15.0. The summed E-state index contributed by atoms with van der Waals surface area (Å²) in [7, 11) is 0. The summed E-state index contributed by atoms with van der Waals surface area (Å²) in [5.74, 6) is -2.48. The Morgan fingerprint density at radius 2 is 1.67 bits per heavy atom. The van der Waals surface area contributed by atoms with Gasteiger partial charge in [0.25, 0.3) is 5.91 Å². The Morgan fingerprint density at radius 1 is 1.07 bits per heavy atom. The number of nitrogens with one attached hydrogen (secondary N) is 1. The van der Waals surface area contributed by atoms with E-state index >= 15 is 0 Å². The monoisotopic (exact) mass is 388 g/mol. The molecule has 0 spiro atoms. The molecule has 8 heteroatoms. The summed E-state index contributed by atoms with van der Waals surface area (Å²) < 4.78 is 4.91. The molecular weight excluding hydrogens is 372 g/mol. The van der Waals surface area contributed by atoms with Gasteiger partial charge in [0.15, 0.2) is 6.61 Å². The van der Waals surface area contributed by atoms with Crippen LogP contribution < -0.4 is 5.32 Å². The number of benzene rings is 1. The van der Waals surface area contributed by atoms with Crippen LogP contribution in [0.4, 0.5) is 5.69 Å². The Balaban J connectivity index is 1.28. The van der Waals surface area contributed by atoms with Gasteiger partial charge in [-0.1, -0.05) is 23.8 Å². The van der Waals surface area contributed by atoms with E-state index in [-0.39, 0.29) is 35.5 Å². The number of hydrogen-bond acceptors (Lipinski definition) is 5. The van der Waals surface area contributed by atoms with Gasteiger partial charge in [-0.2, -0.15) is 0 Å². The number of halogens is 1. The average molecular weight is 389 g/mol. The molecule has 0 radical (unpaired) electrons. The summed E-state index contributed by atoms with van der Waals surface area (Å²) in [6.07, 6.45) is 4.80. The Bertz CT molecular complexity index is 820. The fourth-order valence-corrected chi connectivity index (χ4v) is 4.30. The molecule has 0 unspecified atom stereocenters. The fraction of sp³-hybridized carbons (Fsp3) is 0.368. The maximum Gasteiger partial charge on any atom is 0.326 e. The first-order chi connectivity index (χ1) is 12.9. The van der Waals surface area contributed by atoms with Crippen molar-refractivity contribution in [3.63, 3.8) is 0 Å². The highest BCUT2D eigenvalue weighted by atomic mass is 35.5. The van der Waals surface area contributed by atoms with E-state index in [0.717, 1.165) is 11.3 Å². The fourth-order valence-electron chi connectivity index (χ4n) is 4.17. The molecule has 2 bridgehead atoms. The molecular formula is C19H17ClN2O5. The molecule has 1 aromatic rings. The van der Waals surface area contributed by atoms with Crippen LogP contribution in [0.1, 0.15) is 6.42 Å². The molecule has 1 heterocycles. The normalized spacial score (nSPS) is 27.8. The quantitative estimate of drug-likeness (QED) is 0.470. The maximum absolute atomic E-state index is 12.5. The van der Waals surface area contributed by atoms with E-state index in [1.807, 2.05) is 12.2 Å². The first kappa shape index (κ1) is 17.7. The Kier molecular flexibility index (Phi) is 4.47. The zero-order valence-electron chi connectivity index (χ0n) is 14.3. The predicted octanol–water partition coefficient (Wildman–Crippen LogP) is 1.63. The average Bonchev–Trinajstić information content (AvgIpc) is 3.32. The molecule has 3 amide bonds. The van der Waals surface area contributed by atoms with E-state index in [4.69, 9.17) is 16.3 Å². The minimum atomic E-state index is -0.789. The van der Waals surface area contributed by atoms with Gasteiger partial charge < -0.3 is 10.1 Å². The molecule has 2 fully saturated rings. The maximum atomic E-state index is 12.5. The summed E-state index contributed by atoms with van der Waals surface area (Å²) in [5, 5.41) is 3.09. The van der Waals surface area contributed by atoms with Crippen LogP contribution in [-0.4, -0.2) is 41.7 Å². The van der Waals surface area contributed by atoms with Gasteiger partial charge in [-0.15, -0.1) is 0 Å². The SMILES string of the molecule is O=C(COC(=O)CN1C(=O)[C@@H]2[C@@H](C1=O)[C@H]1C=C[C@H]2C1)Nc1ccc(Cl)cc1. The van der Waals surface area contributed by atoms with Gasteiger partial charge in [-0.3, -0.25) is 24.1 Å². The second kappa shape index (κ2) is 6.81. The van der Waals surface area contributed by atoms with E-state index in [1.165, 1.54) is 0 Å². The van der Waals surface area contributed by atoms with E-state index in [1.54, 1.807) is 24.3 Å². The van der Waals surface area contributed by atoms with Crippen LogP contribution in [0, 0.1) is 23.7 Å². The van der Waals surface area contributed by atoms with E-state index in [0.29, 0.717) is 10.7 Å². The molecule has 1 aromatic carbocycles. The number of allylic oxidation sites excluding steroid dienone is 2. The van der Waals surface area contributed by atoms with Gasteiger partial charge >= 0.3 is 5.97 Å². The number of fused-ring (bicyclic) bond motifs is 5. The highest BCUT2D eigenvalue weighted by Gasteiger charge is 2.59. The second-order valence-electron chi connectivity index (χ2n) is 6.98. The Morgan fingerprint density at radius 3 is 2.26 bits per heavy atom. The van der Waals surface area contributed by atoms with Crippen molar-refractivity contribution in [3.8, 4) is 0 Å². The lowest BCUT2D eigenvalue weighted by Gasteiger charge is -2.16. The number of rotatable bonds is 5. The van der Waals surface area contributed by atoms with Gasteiger partial charge in [0, 0.05) is 10.7 Å². The van der Waals surface area contributed by atoms with Crippen molar-refractivity contribution < 1.29 is 23.9 Å². The van der Waals surface area contributed by atoms with Crippen LogP contribution in [0.5, 0.6) is 0 Å². The number of esters is 1. The standard InChI is InChI=1S/C19H17ClN2O5/c20-12-3-5-13(6-4-12)21-14(23)9-27-15(24)8-22-18(25)16-10-1-2-11(7-10)17(16)19(22)26/h1-6,10-11,16-17H,7-9H2,(H,21,23)/t10-,11-,16-,17-/m0/s1. The molecule has 140 valence electrons. The van der Waals surface area contributed by atoms with Gasteiger partial charge in [-0.05, 0) is 42.5 Å². The number of imide groups is 1. The molecule has 7 nitrogen and oxygen atoms in total. The van der Waals surface area contributed by atoms with Crippen LogP contribution in [-0.2, 0) is 23.9 Å². The summed E-state index contributed by atoms with van der Waals surface area (Å²) in [6.45, 7) is -0.963. The van der Waals surface area contributed by atoms with Gasteiger partial charge in [-0.25, -0.2) is 0 Å². The second-order valence-corrected chi connectivity index (χ2v) is 7.41. The van der Waals surface area contributed by atoms with E-state index in [9.17, 15) is 19.2 Å². The molecule has 4 atom stereocenters. The number of carbonyl (C=O) groups excluding carboxylic acids is 4. The molecule has 3 aliphatic rings. The number of nitrogens with zero attached hydrogens (tertiary/aromatic N) is 1. The van der Waals surface area contributed by atoms with Crippen molar-refractivity contribution in [2.75, 3.05) is 18.5 Å². The summed E-state index contributed by atoms with van der Waals surface area (Å²) >= 11 is 5.77. The highest BCUT2D eigenvalue weighted by Crippen LogP contribution is 2.52. The van der Waals surface area contributed by atoms with Crippen LogP contribution in [0.2, 0.25) is 5.02 Å². The minimum absolute atomic E-state index is 0.0858. The van der Waals surface area contributed by atoms with Crippen LogP contribution in [0.25, 0.3) is 0 Å². The molecule has 1 saturated heterocycles. The smallest absolute Gasteiger partial charge is 0.326 e. The largest absolute Gasteiger partial charge is 0.454 e. The number of carbonyl (C=O) groups is 4. The Labute approximate surface area is 160 Å². The van der Waals surface area contributed by atoms with Crippen molar-refractivity contribution in [2.45, 2.75) is 6.42 Å². The van der Waals surface area contributed by atoms with Crippen molar-refractivity contribution in [1.29, 1.82) is 0 Å². The minimum Gasteiger partial charge on any atom is -0.454 e. The molecule has 0 aromatic heterocycles. The Hall–Kier alpha value is -2.67. The number of hydrogen-bond donors (Lipinski definition) is 1. The van der Waals surface area contributed by atoms with Crippen molar-refractivity contribution in [1.82, 2.24) is 4.90 Å². The lowest BCUT2D eigenvalue weighted by molar-refractivity contribution is -0.154. The van der Waals surface area contributed by atoms with Crippen molar-refractivity contribution >= 4 is 41.0 Å². The summed E-state index contributed by atoms with van der Waals surface area (Å²) in [6, 6.07) is 6.47. The van der Waals surface area contributed by atoms with Gasteiger partial charge in [0.05, 0.1) is 11.8 Å². The number of amides is 3. The molecule has 1 N–H and O–H groups in total. The van der Waals surface area contributed by atoms with E-state index in [2.05, 4.69) is 5.32 Å². The van der Waals surface area contributed by atoms with Crippen LogP contribution in [0.3, 0.4) is 0 Å². The number of ether oxygens (including phenoxy) is 1. The topological polar surface area (TPSA) is 92.8 Å². The van der Waals surface area contributed by atoms with E-state index < -0.39 is 25.0 Å². The molecule has 4 rings (SSSR count). The van der Waals surface area contributed by atoms with Crippen LogP contribution in [0.15, 0.2) is 36.4 Å². The molecule has 2 aliphatic carbocycles. The molecule has 27 heavy (non-hydrogen) atoms. The molecule has 1 saturated carbocycles. The number of likely N-dealkylation sites (tertiary alicyclic amines) is 1. The first-order valence-electron chi connectivity index (χ1n) is 8.68. The molecule has 1 aliphatic heterocycles. The van der Waals surface area contributed by atoms with Crippen LogP contribution >= 0.6 is 11.6 Å². The highest BCUT2D eigenvalue weighted by molar-refractivity contribution is 6.30. The lowest BCUT2D eigenvalue weighted by atomic mass is 9.85.